The summed E-state index contributed by atoms with van der Waals surface area (Å²) in [7, 11) is 0. The van der Waals surface area contributed by atoms with Crippen LogP contribution in [0.15, 0.2) is 30.3 Å². The van der Waals surface area contributed by atoms with Gasteiger partial charge in [0.15, 0.2) is 0 Å². The average Bonchev–Trinajstić information content (AvgIpc) is 2.40. The van der Waals surface area contributed by atoms with Crippen LogP contribution in [0.2, 0.25) is 0 Å². The van der Waals surface area contributed by atoms with Crippen LogP contribution in [0, 0.1) is 0 Å². The Bertz CT molecular complexity index is 406. The molecule has 17 heavy (non-hydrogen) atoms. The van der Waals surface area contributed by atoms with E-state index < -0.39 is 0 Å². The summed E-state index contributed by atoms with van der Waals surface area (Å²) in [5.41, 5.74) is 1.25. The number of rotatable bonds is 1. The molecule has 90 valence electrons. The zero-order valence-electron chi connectivity index (χ0n) is 9.80. The van der Waals surface area contributed by atoms with Crippen molar-refractivity contribution >= 4 is 11.6 Å². The van der Waals surface area contributed by atoms with E-state index in [1.165, 1.54) is 5.69 Å². The topological polar surface area (TPSA) is 35.6 Å². The maximum atomic E-state index is 11.7. The minimum Gasteiger partial charge on any atom is -0.368 e. The molecule has 0 aromatic heterocycles. The van der Waals surface area contributed by atoms with E-state index in [2.05, 4.69) is 34.5 Å². The maximum Gasteiger partial charge on any atom is 0.236 e. The molecular weight excluding hydrogens is 214 g/mol. The number of para-hydroxylation sites is 1. The highest BCUT2D eigenvalue weighted by Crippen LogP contribution is 2.19. The normalized spacial score (nSPS) is 24.7. The van der Waals surface area contributed by atoms with Gasteiger partial charge in [-0.25, -0.2) is 0 Å². The van der Waals surface area contributed by atoms with Crippen LogP contribution < -0.4 is 10.2 Å². The van der Waals surface area contributed by atoms with Gasteiger partial charge in [0.05, 0.1) is 12.6 Å². The summed E-state index contributed by atoms with van der Waals surface area (Å²) in [6.45, 7) is 4.13. The van der Waals surface area contributed by atoms with Crippen LogP contribution >= 0.6 is 0 Å². The molecular formula is C13H17N3O. The van der Waals surface area contributed by atoms with Gasteiger partial charge in [0.25, 0.3) is 0 Å². The van der Waals surface area contributed by atoms with Gasteiger partial charge in [-0.05, 0) is 12.1 Å². The molecule has 0 spiro atoms. The van der Waals surface area contributed by atoms with E-state index in [9.17, 15) is 4.79 Å². The number of piperazine rings is 2. The lowest BCUT2D eigenvalue weighted by molar-refractivity contribution is -0.135. The molecule has 1 N–H and O–H groups in total. The molecule has 1 atom stereocenters. The van der Waals surface area contributed by atoms with Gasteiger partial charge in [-0.3, -0.25) is 4.79 Å². The fourth-order valence-electron chi connectivity index (χ4n) is 2.68. The summed E-state index contributed by atoms with van der Waals surface area (Å²) < 4.78 is 0. The summed E-state index contributed by atoms with van der Waals surface area (Å²) in [6.07, 6.45) is 0. The van der Waals surface area contributed by atoms with Gasteiger partial charge in [0.2, 0.25) is 5.91 Å². The van der Waals surface area contributed by atoms with E-state index in [-0.39, 0.29) is 5.91 Å². The molecule has 1 aromatic rings. The van der Waals surface area contributed by atoms with E-state index >= 15 is 0 Å². The number of anilines is 1. The summed E-state index contributed by atoms with van der Waals surface area (Å²) in [5.74, 6) is 0.244. The fourth-order valence-corrected chi connectivity index (χ4v) is 2.68. The number of fused-ring (bicyclic) bond motifs is 1. The second-order valence-electron chi connectivity index (χ2n) is 4.65. The number of hydrogen-bond donors (Lipinski definition) is 1. The Labute approximate surface area is 101 Å². The van der Waals surface area contributed by atoms with E-state index in [4.69, 9.17) is 0 Å². The number of carbonyl (C=O) groups excluding carboxylic acids is 1. The van der Waals surface area contributed by atoms with E-state index in [1.807, 2.05) is 11.0 Å². The third-order valence-electron chi connectivity index (χ3n) is 3.58. The molecule has 4 nitrogen and oxygen atoms in total. The maximum absolute atomic E-state index is 11.7. The van der Waals surface area contributed by atoms with Gasteiger partial charge in [-0.2, -0.15) is 0 Å². The number of nitrogens with one attached hydrogen (secondary N) is 1. The van der Waals surface area contributed by atoms with Crippen LogP contribution in [0.1, 0.15) is 0 Å². The smallest absolute Gasteiger partial charge is 0.236 e. The van der Waals surface area contributed by atoms with Crippen LogP contribution in [-0.4, -0.2) is 49.6 Å². The van der Waals surface area contributed by atoms with Gasteiger partial charge in [-0.1, -0.05) is 18.2 Å². The summed E-state index contributed by atoms with van der Waals surface area (Å²) in [5, 5.41) is 3.19. The third-order valence-corrected chi connectivity index (χ3v) is 3.58. The second kappa shape index (κ2) is 4.37. The number of carbonyl (C=O) groups is 1. The highest BCUT2D eigenvalue weighted by Gasteiger charge is 2.32. The molecule has 2 fully saturated rings. The fraction of sp³-hybridized carbons (Fsp3) is 0.462. The van der Waals surface area contributed by atoms with Gasteiger partial charge in [0.1, 0.15) is 0 Å². The quantitative estimate of drug-likeness (QED) is 0.755. The van der Waals surface area contributed by atoms with Crippen molar-refractivity contribution < 1.29 is 4.79 Å². The summed E-state index contributed by atoms with van der Waals surface area (Å²) in [4.78, 5) is 16.1. The third kappa shape index (κ3) is 2.00. The van der Waals surface area contributed by atoms with Crippen LogP contribution in [0.3, 0.4) is 0 Å². The van der Waals surface area contributed by atoms with Crippen molar-refractivity contribution in [2.45, 2.75) is 6.04 Å². The molecule has 3 rings (SSSR count). The highest BCUT2D eigenvalue weighted by molar-refractivity contribution is 5.79. The first-order valence-corrected chi connectivity index (χ1v) is 6.15. The van der Waals surface area contributed by atoms with Crippen molar-refractivity contribution in [1.29, 1.82) is 0 Å². The molecule has 0 radical (unpaired) electrons. The zero-order chi connectivity index (χ0) is 11.7. The first kappa shape index (κ1) is 10.6. The monoisotopic (exact) mass is 231 g/mol. The average molecular weight is 231 g/mol. The molecule has 4 heteroatoms. The van der Waals surface area contributed by atoms with E-state index in [0.29, 0.717) is 12.6 Å². The molecule has 0 bridgehead atoms. The van der Waals surface area contributed by atoms with E-state index in [1.54, 1.807) is 0 Å². The number of nitrogens with zero attached hydrogens (tertiary/aromatic N) is 2. The molecule has 2 aliphatic rings. The van der Waals surface area contributed by atoms with Gasteiger partial charge in [0, 0.05) is 31.9 Å². The molecule has 0 saturated carbocycles. The minimum absolute atomic E-state index is 0.244. The Hall–Kier alpha value is -1.55. The Morgan fingerprint density at radius 1 is 1.18 bits per heavy atom. The Kier molecular flexibility index (Phi) is 2.73. The van der Waals surface area contributed by atoms with Crippen molar-refractivity contribution in [3.05, 3.63) is 30.3 Å². The summed E-state index contributed by atoms with van der Waals surface area (Å²) >= 11 is 0. The van der Waals surface area contributed by atoms with Crippen molar-refractivity contribution in [2.75, 3.05) is 37.6 Å². The molecule has 1 amide bonds. The Morgan fingerprint density at radius 3 is 2.82 bits per heavy atom. The molecule has 2 saturated heterocycles. The number of hydrogen-bond acceptors (Lipinski definition) is 3. The second-order valence-corrected chi connectivity index (χ2v) is 4.65. The van der Waals surface area contributed by atoms with Crippen LogP contribution in [0.25, 0.3) is 0 Å². The Morgan fingerprint density at radius 2 is 2.00 bits per heavy atom. The summed E-state index contributed by atoms with van der Waals surface area (Å²) in [6, 6.07) is 10.7. The molecule has 1 unspecified atom stereocenters. The van der Waals surface area contributed by atoms with Crippen LogP contribution in [0.5, 0.6) is 0 Å². The number of amides is 1. The first-order valence-electron chi connectivity index (χ1n) is 6.15. The Balaban J connectivity index is 1.74. The predicted octanol–water partition coefficient (Wildman–Crippen LogP) is 0.307. The van der Waals surface area contributed by atoms with Crippen molar-refractivity contribution in [2.24, 2.45) is 0 Å². The minimum atomic E-state index is 0.244. The van der Waals surface area contributed by atoms with Crippen LogP contribution in [-0.2, 0) is 4.79 Å². The lowest BCUT2D eigenvalue weighted by Gasteiger charge is -2.44. The number of benzene rings is 1. The molecule has 2 heterocycles. The standard InChI is InChI=1S/C13H17N3O/c17-13-9-14-8-12-10-15(6-7-16(12)13)11-4-2-1-3-5-11/h1-5,12,14H,6-10H2. The highest BCUT2D eigenvalue weighted by atomic mass is 16.2. The zero-order valence-corrected chi connectivity index (χ0v) is 9.80. The predicted molar refractivity (Wildman–Crippen MR) is 67.0 cm³/mol. The van der Waals surface area contributed by atoms with Gasteiger partial charge >= 0.3 is 0 Å². The largest absolute Gasteiger partial charge is 0.368 e. The van der Waals surface area contributed by atoms with E-state index in [0.717, 1.165) is 26.2 Å². The van der Waals surface area contributed by atoms with Gasteiger partial charge in [-0.15, -0.1) is 0 Å². The SMILES string of the molecule is O=C1CNCC2CN(c3ccccc3)CCN12. The first-order chi connectivity index (χ1) is 8.34. The lowest BCUT2D eigenvalue weighted by atomic mass is 10.1. The van der Waals surface area contributed by atoms with Crippen molar-refractivity contribution in [3.8, 4) is 0 Å². The molecule has 0 aliphatic carbocycles. The van der Waals surface area contributed by atoms with Crippen molar-refractivity contribution in [1.82, 2.24) is 10.2 Å². The van der Waals surface area contributed by atoms with Crippen molar-refractivity contribution in [3.63, 3.8) is 0 Å². The lowest BCUT2D eigenvalue weighted by Crippen LogP contribution is -2.63. The molecule has 2 aliphatic heterocycles. The molecule has 1 aromatic carbocycles. The van der Waals surface area contributed by atoms with Crippen LogP contribution in [0.4, 0.5) is 5.69 Å². The van der Waals surface area contributed by atoms with Gasteiger partial charge < -0.3 is 15.1 Å².